The standard InChI is InChI=1S/C18H25N3O2/c1-3-15-6-8-16(9-7-15)17(13-22)20-18(23)5-4-11-21-12-10-19-14(21)2/h6-10,12,17,22H,3-5,11,13H2,1-2H3,(H,20,23). The first-order valence-electron chi connectivity index (χ1n) is 8.10. The second-order valence-corrected chi connectivity index (χ2v) is 5.67. The van der Waals surface area contributed by atoms with E-state index in [4.69, 9.17) is 0 Å². The third-order valence-corrected chi connectivity index (χ3v) is 4.03. The lowest BCUT2D eigenvalue weighted by Gasteiger charge is -2.17. The number of aliphatic hydroxyl groups excluding tert-OH is 1. The lowest BCUT2D eigenvalue weighted by Crippen LogP contribution is -2.30. The first kappa shape index (κ1) is 17.2. The Balaban J connectivity index is 1.83. The highest BCUT2D eigenvalue weighted by molar-refractivity contribution is 5.76. The number of nitrogens with one attached hydrogen (secondary N) is 1. The predicted molar refractivity (Wildman–Crippen MR) is 90.0 cm³/mol. The van der Waals surface area contributed by atoms with Crippen LogP contribution in [0.15, 0.2) is 36.7 Å². The molecule has 0 aliphatic carbocycles. The van der Waals surface area contributed by atoms with E-state index >= 15 is 0 Å². The van der Waals surface area contributed by atoms with Crippen molar-refractivity contribution < 1.29 is 9.90 Å². The number of hydrogen-bond donors (Lipinski definition) is 2. The fourth-order valence-electron chi connectivity index (χ4n) is 2.54. The molecule has 0 bridgehead atoms. The Morgan fingerprint density at radius 1 is 1.35 bits per heavy atom. The van der Waals surface area contributed by atoms with Crippen molar-refractivity contribution in [3.05, 3.63) is 53.6 Å². The molecule has 0 saturated heterocycles. The highest BCUT2D eigenvalue weighted by Gasteiger charge is 2.13. The van der Waals surface area contributed by atoms with Crippen molar-refractivity contribution in [1.29, 1.82) is 0 Å². The molecule has 5 nitrogen and oxygen atoms in total. The van der Waals surface area contributed by atoms with Gasteiger partial charge in [0.25, 0.3) is 0 Å². The number of rotatable bonds is 8. The maximum Gasteiger partial charge on any atom is 0.220 e. The van der Waals surface area contributed by atoms with Crippen molar-refractivity contribution in [1.82, 2.24) is 14.9 Å². The number of benzene rings is 1. The summed E-state index contributed by atoms with van der Waals surface area (Å²) in [6, 6.07) is 7.66. The Hall–Kier alpha value is -2.14. The predicted octanol–water partition coefficient (Wildman–Crippen LogP) is 2.38. The van der Waals surface area contributed by atoms with Crippen molar-refractivity contribution in [3.63, 3.8) is 0 Å². The van der Waals surface area contributed by atoms with Crippen LogP contribution < -0.4 is 5.32 Å². The zero-order valence-electron chi connectivity index (χ0n) is 13.8. The summed E-state index contributed by atoms with van der Waals surface area (Å²) in [5, 5.41) is 12.4. The Bertz CT molecular complexity index is 619. The van der Waals surface area contributed by atoms with Gasteiger partial charge in [0.15, 0.2) is 0 Å². The molecule has 0 aliphatic heterocycles. The highest BCUT2D eigenvalue weighted by Crippen LogP contribution is 2.14. The van der Waals surface area contributed by atoms with Crippen LogP contribution in [0, 0.1) is 6.92 Å². The van der Waals surface area contributed by atoms with Gasteiger partial charge in [-0.3, -0.25) is 4.79 Å². The third-order valence-electron chi connectivity index (χ3n) is 4.03. The summed E-state index contributed by atoms with van der Waals surface area (Å²) in [5.74, 6) is 0.913. The van der Waals surface area contributed by atoms with Gasteiger partial charge in [-0.25, -0.2) is 4.98 Å². The molecule has 1 unspecified atom stereocenters. The number of aromatic nitrogens is 2. The number of amides is 1. The maximum absolute atomic E-state index is 12.1. The van der Waals surface area contributed by atoms with Crippen LogP contribution in [0.2, 0.25) is 0 Å². The van der Waals surface area contributed by atoms with Gasteiger partial charge in [-0.15, -0.1) is 0 Å². The fourth-order valence-corrected chi connectivity index (χ4v) is 2.54. The van der Waals surface area contributed by atoms with E-state index in [-0.39, 0.29) is 18.6 Å². The lowest BCUT2D eigenvalue weighted by molar-refractivity contribution is -0.122. The SMILES string of the molecule is CCc1ccc(C(CO)NC(=O)CCCn2ccnc2C)cc1. The molecule has 124 valence electrons. The van der Waals surface area contributed by atoms with Crippen molar-refractivity contribution in [3.8, 4) is 0 Å². The van der Waals surface area contributed by atoms with Crippen LogP contribution in [0.3, 0.4) is 0 Å². The number of imidazole rings is 1. The molecule has 5 heteroatoms. The molecule has 0 aliphatic rings. The average Bonchev–Trinajstić information content (AvgIpc) is 2.98. The quantitative estimate of drug-likeness (QED) is 0.786. The average molecular weight is 315 g/mol. The molecule has 2 aromatic rings. The summed E-state index contributed by atoms with van der Waals surface area (Å²) in [4.78, 5) is 16.2. The summed E-state index contributed by atoms with van der Waals surface area (Å²) >= 11 is 0. The van der Waals surface area contributed by atoms with Gasteiger partial charge in [0, 0.05) is 25.4 Å². The van der Waals surface area contributed by atoms with E-state index in [1.54, 1.807) is 6.20 Å². The Labute approximate surface area is 137 Å². The molecule has 0 radical (unpaired) electrons. The highest BCUT2D eigenvalue weighted by atomic mass is 16.3. The molecule has 0 spiro atoms. The number of nitrogens with zero attached hydrogens (tertiary/aromatic N) is 2. The topological polar surface area (TPSA) is 67.2 Å². The van der Waals surface area contributed by atoms with E-state index in [0.717, 1.165) is 30.8 Å². The van der Waals surface area contributed by atoms with Gasteiger partial charge in [-0.05, 0) is 30.9 Å². The molecule has 2 N–H and O–H groups in total. The minimum Gasteiger partial charge on any atom is -0.394 e. The van der Waals surface area contributed by atoms with Crippen molar-refractivity contribution in [2.24, 2.45) is 0 Å². The van der Waals surface area contributed by atoms with Crippen molar-refractivity contribution in [2.45, 2.75) is 45.7 Å². The summed E-state index contributed by atoms with van der Waals surface area (Å²) in [5.41, 5.74) is 2.18. The monoisotopic (exact) mass is 315 g/mol. The summed E-state index contributed by atoms with van der Waals surface area (Å²) in [6.07, 6.45) is 5.83. The first-order chi connectivity index (χ1) is 11.1. The lowest BCUT2D eigenvalue weighted by atomic mass is 10.0. The van der Waals surface area contributed by atoms with Gasteiger partial charge in [-0.2, -0.15) is 0 Å². The van der Waals surface area contributed by atoms with E-state index in [0.29, 0.717) is 6.42 Å². The molecule has 0 saturated carbocycles. The molecular formula is C18H25N3O2. The van der Waals surface area contributed by atoms with E-state index in [1.165, 1.54) is 5.56 Å². The molecule has 23 heavy (non-hydrogen) atoms. The Morgan fingerprint density at radius 2 is 2.09 bits per heavy atom. The van der Waals surface area contributed by atoms with Gasteiger partial charge >= 0.3 is 0 Å². The minimum absolute atomic E-state index is 0.0404. The number of carbonyl (C=O) groups is 1. The van der Waals surface area contributed by atoms with Crippen LogP contribution >= 0.6 is 0 Å². The normalized spacial score (nSPS) is 12.1. The summed E-state index contributed by atoms with van der Waals surface area (Å²) < 4.78 is 2.03. The zero-order chi connectivity index (χ0) is 16.7. The van der Waals surface area contributed by atoms with Gasteiger partial charge in [0.05, 0.1) is 12.6 Å². The molecule has 2 rings (SSSR count). The first-order valence-corrected chi connectivity index (χ1v) is 8.10. The third kappa shape index (κ3) is 4.93. The van der Waals surface area contributed by atoms with Crippen LogP contribution in [0.5, 0.6) is 0 Å². The van der Waals surface area contributed by atoms with Crippen molar-refractivity contribution >= 4 is 5.91 Å². The minimum atomic E-state index is -0.344. The molecule has 1 heterocycles. The van der Waals surface area contributed by atoms with Gasteiger partial charge in [0.1, 0.15) is 5.82 Å². The fraction of sp³-hybridized carbons (Fsp3) is 0.444. The Morgan fingerprint density at radius 3 is 2.65 bits per heavy atom. The molecule has 1 aromatic heterocycles. The second-order valence-electron chi connectivity index (χ2n) is 5.67. The molecule has 1 aromatic carbocycles. The molecule has 1 atom stereocenters. The van der Waals surface area contributed by atoms with E-state index in [9.17, 15) is 9.90 Å². The van der Waals surface area contributed by atoms with Gasteiger partial charge in [0.2, 0.25) is 5.91 Å². The largest absolute Gasteiger partial charge is 0.394 e. The number of aliphatic hydroxyl groups is 1. The van der Waals surface area contributed by atoms with Crippen LogP contribution in [0.25, 0.3) is 0 Å². The van der Waals surface area contributed by atoms with E-state index in [1.807, 2.05) is 42.0 Å². The van der Waals surface area contributed by atoms with Gasteiger partial charge < -0.3 is 15.0 Å². The summed E-state index contributed by atoms with van der Waals surface area (Å²) in [6.45, 7) is 4.72. The van der Waals surface area contributed by atoms with Crippen LogP contribution in [0.1, 0.15) is 42.8 Å². The van der Waals surface area contributed by atoms with Crippen molar-refractivity contribution in [2.75, 3.05) is 6.61 Å². The van der Waals surface area contributed by atoms with Gasteiger partial charge in [-0.1, -0.05) is 31.2 Å². The van der Waals surface area contributed by atoms with E-state index < -0.39 is 0 Å². The van der Waals surface area contributed by atoms with Crippen LogP contribution in [-0.2, 0) is 17.8 Å². The zero-order valence-corrected chi connectivity index (χ0v) is 13.8. The molecular weight excluding hydrogens is 290 g/mol. The number of carbonyl (C=O) groups excluding carboxylic acids is 1. The Kier molecular flexibility index (Phi) is 6.35. The number of hydrogen-bond acceptors (Lipinski definition) is 3. The molecule has 1 amide bonds. The second kappa shape index (κ2) is 8.48. The summed E-state index contributed by atoms with van der Waals surface area (Å²) in [7, 11) is 0. The maximum atomic E-state index is 12.1. The van der Waals surface area contributed by atoms with Crippen LogP contribution in [0.4, 0.5) is 0 Å². The smallest absolute Gasteiger partial charge is 0.220 e. The van der Waals surface area contributed by atoms with E-state index in [2.05, 4.69) is 17.2 Å². The van der Waals surface area contributed by atoms with Crippen LogP contribution in [-0.4, -0.2) is 27.2 Å². The molecule has 0 fully saturated rings. The number of aryl methyl sites for hydroxylation is 3.